The SMILES string of the molecule is CC1(C)c2ccccc2-c2cc3c(cc21)[B]c1c(-c2ccccc2Nc2ccccc2)cc(-c2ccccc2)c2c4ccccc4n-3c12. The fraction of sp³-hybridized carbons (Fsp3) is 0.0667. The van der Waals surface area contributed by atoms with Gasteiger partial charge in [0.05, 0.1) is 5.52 Å². The molecular weight excluding hydrogens is 579 g/mol. The number of hydrogen-bond acceptors (Lipinski definition) is 1. The van der Waals surface area contributed by atoms with Gasteiger partial charge in [-0.2, -0.15) is 0 Å². The summed E-state index contributed by atoms with van der Waals surface area (Å²) >= 11 is 0. The highest BCUT2D eigenvalue weighted by Crippen LogP contribution is 2.50. The Bertz CT molecular complexity index is 2580. The molecule has 225 valence electrons. The van der Waals surface area contributed by atoms with E-state index in [9.17, 15) is 0 Å². The van der Waals surface area contributed by atoms with Gasteiger partial charge in [-0.25, -0.2) is 0 Å². The molecule has 2 aliphatic rings. The quantitative estimate of drug-likeness (QED) is 0.196. The van der Waals surface area contributed by atoms with E-state index < -0.39 is 0 Å². The molecule has 1 aromatic heterocycles. The van der Waals surface area contributed by atoms with Crippen molar-refractivity contribution in [1.82, 2.24) is 4.57 Å². The third-order valence-electron chi connectivity index (χ3n) is 10.6. The minimum Gasteiger partial charge on any atom is -0.355 e. The van der Waals surface area contributed by atoms with E-state index >= 15 is 0 Å². The molecule has 0 bridgehead atoms. The van der Waals surface area contributed by atoms with Gasteiger partial charge in [0.1, 0.15) is 0 Å². The molecule has 0 amide bonds. The number of benzene rings is 7. The van der Waals surface area contributed by atoms with Crippen molar-refractivity contribution < 1.29 is 0 Å². The second-order valence-corrected chi connectivity index (χ2v) is 13.6. The zero-order valence-corrected chi connectivity index (χ0v) is 27.0. The van der Waals surface area contributed by atoms with Crippen LogP contribution in [0.15, 0.2) is 152 Å². The minimum atomic E-state index is -0.0741. The monoisotopic (exact) mass is 611 g/mol. The summed E-state index contributed by atoms with van der Waals surface area (Å²) in [5.74, 6) is 0. The van der Waals surface area contributed by atoms with Gasteiger partial charge in [-0.05, 0) is 80.8 Å². The summed E-state index contributed by atoms with van der Waals surface area (Å²) in [7, 11) is 2.46. The fourth-order valence-electron chi connectivity index (χ4n) is 8.38. The Kier molecular flexibility index (Phi) is 5.75. The van der Waals surface area contributed by atoms with Gasteiger partial charge in [-0.15, -0.1) is 0 Å². The first-order valence-electron chi connectivity index (χ1n) is 16.8. The van der Waals surface area contributed by atoms with Gasteiger partial charge in [0, 0.05) is 44.3 Å². The van der Waals surface area contributed by atoms with Crippen LogP contribution in [-0.4, -0.2) is 11.8 Å². The Morgan fingerprint density at radius 2 is 1.25 bits per heavy atom. The van der Waals surface area contributed by atoms with Crippen LogP contribution in [0, 0.1) is 0 Å². The van der Waals surface area contributed by atoms with Crippen LogP contribution >= 0.6 is 0 Å². The molecule has 1 N–H and O–H groups in total. The summed E-state index contributed by atoms with van der Waals surface area (Å²) in [6.45, 7) is 4.74. The van der Waals surface area contributed by atoms with Crippen molar-refractivity contribution in [2.75, 3.05) is 5.32 Å². The van der Waals surface area contributed by atoms with Crippen LogP contribution in [0.2, 0.25) is 0 Å². The average molecular weight is 612 g/mol. The predicted molar refractivity (Wildman–Crippen MR) is 204 cm³/mol. The van der Waals surface area contributed by atoms with Crippen molar-refractivity contribution >= 4 is 51.4 Å². The average Bonchev–Trinajstić information content (AvgIpc) is 3.59. The Labute approximate surface area is 281 Å². The topological polar surface area (TPSA) is 17.0 Å². The lowest BCUT2D eigenvalue weighted by Gasteiger charge is -2.27. The summed E-state index contributed by atoms with van der Waals surface area (Å²) in [5.41, 5.74) is 18.7. The maximum Gasteiger partial charge on any atom is 0.197 e. The van der Waals surface area contributed by atoms with Crippen LogP contribution in [0.4, 0.5) is 11.4 Å². The van der Waals surface area contributed by atoms with Crippen molar-refractivity contribution in [2.24, 2.45) is 0 Å². The van der Waals surface area contributed by atoms with E-state index in [2.05, 4.69) is 183 Å². The molecule has 0 saturated carbocycles. The standard InChI is InChI=1S/C45H32BN2/c1-45(2)36-22-12-9-19-30(36)34-26-41-38(27-37(34)45)46-43-35(31-20-10-13-23-39(31)47-29-17-7-4-8-18-29)25-33(28-15-5-3-6-16-28)42-32-21-11-14-24-40(32)48(41)44(42)43/h3-27,47H,1-2H3. The summed E-state index contributed by atoms with van der Waals surface area (Å²) in [5, 5.41) is 6.32. The van der Waals surface area contributed by atoms with Crippen molar-refractivity contribution in [2.45, 2.75) is 19.3 Å². The molecule has 1 aliphatic heterocycles. The van der Waals surface area contributed by atoms with Crippen molar-refractivity contribution in [3.05, 3.63) is 163 Å². The van der Waals surface area contributed by atoms with Crippen LogP contribution in [0.25, 0.3) is 60.9 Å². The van der Waals surface area contributed by atoms with Gasteiger partial charge in [0.15, 0.2) is 7.28 Å². The Hall–Kier alpha value is -5.80. The molecular formula is C45H32BN2. The number of anilines is 2. The van der Waals surface area contributed by atoms with Gasteiger partial charge in [-0.1, -0.05) is 135 Å². The molecule has 0 atom stereocenters. The summed E-state index contributed by atoms with van der Waals surface area (Å²) in [6, 6.07) is 55.3. The molecule has 0 saturated heterocycles. The Balaban J connectivity index is 1.32. The van der Waals surface area contributed by atoms with Gasteiger partial charge in [0.2, 0.25) is 0 Å². The molecule has 2 heterocycles. The molecule has 1 radical (unpaired) electrons. The molecule has 3 heteroatoms. The summed E-state index contributed by atoms with van der Waals surface area (Å²) < 4.78 is 2.55. The van der Waals surface area contributed by atoms with Crippen molar-refractivity contribution in [3.8, 4) is 39.1 Å². The number of fused-ring (bicyclic) bond motifs is 8. The van der Waals surface area contributed by atoms with E-state index in [4.69, 9.17) is 0 Å². The highest BCUT2D eigenvalue weighted by Gasteiger charge is 2.38. The van der Waals surface area contributed by atoms with Crippen molar-refractivity contribution in [1.29, 1.82) is 0 Å². The molecule has 2 nitrogen and oxygen atoms in total. The third kappa shape index (κ3) is 3.82. The van der Waals surface area contributed by atoms with Crippen molar-refractivity contribution in [3.63, 3.8) is 0 Å². The first kappa shape index (κ1) is 27.3. The van der Waals surface area contributed by atoms with E-state index in [0.29, 0.717) is 0 Å². The highest BCUT2D eigenvalue weighted by atomic mass is 15.0. The van der Waals surface area contributed by atoms with Gasteiger partial charge in [0.25, 0.3) is 0 Å². The van der Waals surface area contributed by atoms with Gasteiger partial charge < -0.3 is 9.88 Å². The largest absolute Gasteiger partial charge is 0.355 e. The lowest BCUT2D eigenvalue weighted by Crippen LogP contribution is -2.38. The van der Waals surface area contributed by atoms with Crippen LogP contribution < -0.4 is 16.2 Å². The van der Waals surface area contributed by atoms with Gasteiger partial charge >= 0.3 is 0 Å². The molecule has 10 rings (SSSR count). The summed E-state index contributed by atoms with van der Waals surface area (Å²) in [6.07, 6.45) is 0. The fourth-order valence-corrected chi connectivity index (χ4v) is 8.38. The van der Waals surface area contributed by atoms with Crippen LogP contribution in [-0.2, 0) is 5.41 Å². The minimum absolute atomic E-state index is 0.0741. The smallest absolute Gasteiger partial charge is 0.197 e. The molecule has 0 fully saturated rings. The molecule has 0 unspecified atom stereocenters. The summed E-state index contributed by atoms with van der Waals surface area (Å²) in [4.78, 5) is 0. The first-order valence-corrected chi connectivity index (χ1v) is 16.8. The lowest BCUT2D eigenvalue weighted by atomic mass is 9.58. The van der Waals surface area contributed by atoms with Crippen LogP contribution in [0.1, 0.15) is 25.0 Å². The lowest BCUT2D eigenvalue weighted by molar-refractivity contribution is 0.661. The molecule has 48 heavy (non-hydrogen) atoms. The number of nitrogens with zero attached hydrogens (tertiary/aromatic N) is 1. The second kappa shape index (κ2) is 10.1. The van der Waals surface area contributed by atoms with E-state index in [0.717, 1.165) is 11.4 Å². The highest BCUT2D eigenvalue weighted by molar-refractivity contribution is 6.73. The molecule has 1 aliphatic carbocycles. The van der Waals surface area contributed by atoms with Crippen LogP contribution in [0.3, 0.4) is 0 Å². The molecule has 0 spiro atoms. The second-order valence-electron chi connectivity index (χ2n) is 13.6. The molecule has 8 aromatic rings. The third-order valence-corrected chi connectivity index (χ3v) is 10.6. The van der Waals surface area contributed by atoms with Crippen LogP contribution in [0.5, 0.6) is 0 Å². The Morgan fingerprint density at radius 1 is 0.562 bits per heavy atom. The van der Waals surface area contributed by atoms with E-state index in [1.807, 2.05) is 0 Å². The Morgan fingerprint density at radius 3 is 2.08 bits per heavy atom. The zero-order valence-electron chi connectivity index (χ0n) is 27.0. The number of aromatic nitrogens is 1. The normalized spacial score (nSPS) is 13.5. The molecule has 7 aromatic carbocycles. The van der Waals surface area contributed by atoms with Gasteiger partial charge in [-0.3, -0.25) is 0 Å². The number of hydrogen-bond donors (Lipinski definition) is 1. The van der Waals surface area contributed by atoms with E-state index in [1.54, 1.807) is 0 Å². The maximum absolute atomic E-state index is 3.74. The number of rotatable bonds is 4. The zero-order chi connectivity index (χ0) is 32.0. The predicted octanol–water partition coefficient (Wildman–Crippen LogP) is 10.1. The first-order chi connectivity index (χ1) is 23.6. The number of nitrogens with one attached hydrogen (secondary N) is 1. The van der Waals surface area contributed by atoms with E-state index in [1.165, 1.54) is 82.9 Å². The number of para-hydroxylation sites is 3. The van der Waals surface area contributed by atoms with E-state index in [-0.39, 0.29) is 5.41 Å². The maximum atomic E-state index is 3.74.